The van der Waals surface area contributed by atoms with Gasteiger partial charge in [-0.1, -0.05) is 30.3 Å². The predicted molar refractivity (Wildman–Crippen MR) is 108 cm³/mol. The molecule has 0 atom stereocenters. The van der Waals surface area contributed by atoms with Crippen LogP contribution in [0.3, 0.4) is 0 Å². The third kappa shape index (κ3) is 5.67. The summed E-state index contributed by atoms with van der Waals surface area (Å²) < 4.78 is 12.9. The Balaban J connectivity index is 1.45. The Labute approximate surface area is 162 Å². The summed E-state index contributed by atoms with van der Waals surface area (Å²) in [5.74, 6) is -1.76. The molecule has 142 valence electrons. The number of nitrogens with one attached hydrogen (secondary N) is 3. The minimum atomic E-state index is -0.733. The number of hydrogen-bond donors (Lipinski definition) is 3. The largest absolute Gasteiger partial charge is 0.356 e. The molecule has 3 rings (SSSR count). The Kier molecular flexibility index (Phi) is 6.36. The first-order valence-corrected chi connectivity index (χ1v) is 8.86. The molecule has 3 N–H and O–H groups in total. The molecule has 2 amide bonds. The zero-order valence-electron chi connectivity index (χ0n) is 15.1. The lowest BCUT2D eigenvalue weighted by Crippen LogP contribution is -2.36. The molecule has 0 aliphatic heterocycles. The van der Waals surface area contributed by atoms with E-state index >= 15 is 0 Å². The zero-order valence-corrected chi connectivity index (χ0v) is 15.1. The first kappa shape index (κ1) is 19.1. The average molecular weight is 377 g/mol. The van der Waals surface area contributed by atoms with Gasteiger partial charge in [0.1, 0.15) is 5.82 Å². The third-order valence-corrected chi connectivity index (χ3v) is 4.02. The van der Waals surface area contributed by atoms with Crippen molar-refractivity contribution in [1.29, 1.82) is 0 Å². The molecule has 3 aromatic rings. The molecule has 0 radical (unpaired) electrons. The van der Waals surface area contributed by atoms with Crippen LogP contribution in [-0.4, -0.2) is 18.4 Å². The Morgan fingerprint density at radius 1 is 0.714 bits per heavy atom. The van der Waals surface area contributed by atoms with Crippen LogP contribution in [0.4, 0.5) is 21.5 Å². The van der Waals surface area contributed by atoms with Crippen molar-refractivity contribution in [3.63, 3.8) is 0 Å². The molecular weight excluding hydrogens is 357 g/mol. The van der Waals surface area contributed by atoms with E-state index in [4.69, 9.17) is 0 Å². The normalized spacial score (nSPS) is 10.2. The molecule has 0 unspecified atom stereocenters. The van der Waals surface area contributed by atoms with Crippen LogP contribution in [0.1, 0.15) is 5.56 Å². The molecule has 0 aromatic heterocycles. The van der Waals surface area contributed by atoms with Crippen molar-refractivity contribution in [3.8, 4) is 0 Å². The first-order valence-electron chi connectivity index (χ1n) is 8.86. The highest BCUT2D eigenvalue weighted by Crippen LogP contribution is 2.18. The average Bonchev–Trinajstić information content (AvgIpc) is 2.71. The summed E-state index contributed by atoms with van der Waals surface area (Å²) in [7, 11) is 0. The highest BCUT2D eigenvalue weighted by Gasteiger charge is 2.13. The van der Waals surface area contributed by atoms with Crippen molar-refractivity contribution in [2.75, 3.05) is 17.2 Å². The topological polar surface area (TPSA) is 70.2 Å². The van der Waals surface area contributed by atoms with Crippen LogP contribution in [0.25, 0.3) is 0 Å². The monoisotopic (exact) mass is 377 g/mol. The van der Waals surface area contributed by atoms with Gasteiger partial charge < -0.3 is 16.0 Å². The molecule has 0 aliphatic rings. The minimum absolute atomic E-state index is 0.290. The highest BCUT2D eigenvalue weighted by atomic mass is 19.1. The number of anilines is 3. The van der Waals surface area contributed by atoms with Crippen molar-refractivity contribution >= 4 is 28.9 Å². The van der Waals surface area contributed by atoms with Gasteiger partial charge in [-0.3, -0.25) is 9.59 Å². The Morgan fingerprint density at radius 2 is 1.32 bits per heavy atom. The van der Waals surface area contributed by atoms with Gasteiger partial charge in [0.05, 0.1) is 0 Å². The van der Waals surface area contributed by atoms with Crippen LogP contribution in [0.2, 0.25) is 0 Å². The number of benzene rings is 3. The second-order valence-corrected chi connectivity index (χ2v) is 6.15. The quantitative estimate of drug-likeness (QED) is 0.571. The van der Waals surface area contributed by atoms with Gasteiger partial charge in [0.15, 0.2) is 0 Å². The Bertz CT molecular complexity index is 926. The molecule has 0 saturated carbocycles. The van der Waals surface area contributed by atoms with Crippen LogP contribution in [0.15, 0.2) is 78.9 Å². The highest BCUT2D eigenvalue weighted by molar-refractivity contribution is 6.39. The molecule has 0 saturated heterocycles. The van der Waals surface area contributed by atoms with Crippen molar-refractivity contribution in [3.05, 3.63) is 90.2 Å². The summed E-state index contributed by atoms with van der Waals surface area (Å²) in [5, 5.41) is 8.35. The summed E-state index contributed by atoms with van der Waals surface area (Å²) in [5.41, 5.74) is 3.23. The fourth-order valence-corrected chi connectivity index (χ4v) is 2.56. The SMILES string of the molecule is O=C(NCCc1ccc(F)cc1)C(=O)Nc1ccc(Nc2ccccc2)cc1. The third-order valence-electron chi connectivity index (χ3n) is 4.02. The van der Waals surface area contributed by atoms with Gasteiger partial charge in [-0.15, -0.1) is 0 Å². The van der Waals surface area contributed by atoms with E-state index in [9.17, 15) is 14.0 Å². The molecule has 0 aliphatic carbocycles. The van der Waals surface area contributed by atoms with Gasteiger partial charge in [0.25, 0.3) is 0 Å². The molecule has 0 spiro atoms. The lowest BCUT2D eigenvalue weighted by Gasteiger charge is -2.09. The first-order chi connectivity index (χ1) is 13.6. The number of carbonyl (C=O) groups is 2. The van der Waals surface area contributed by atoms with E-state index in [1.807, 2.05) is 42.5 Å². The van der Waals surface area contributed by atoms with Crippen LogP contribution < -0.4 is 16.0 Å². The van der Waals surface area contributed by atoms with Gasteiger partial charge >= 0.3 is 11.8 Å². The summed E-state index contributed by atoms with van der Waals surface area (Å²) >= 11 is 0. The smallest absolute Gasteiger partial charge is 0.313 e. The number of hydrogen-bond acceptors (Lipinski definition) is 3. The molecule has 0 fully saturated rings. The summed E-state index contributed by atoms with van der Waals surface area (Å²) in [4.78, 5) is 23.9. The van der Waals surface area contributed by atoms with Crippen LogP contribution >= 0.6 is 0 Å². The lowest BCUT2D eigenvalue weighted by atomic mass is 10.1. The number of rotatable bonds is 6. The van der Waals surface area contributed by atoms with Gasteiger partial charge in [-0.2, -0.15) is 0 Å². The van der Waals surface area contributed by atoms with Gasteiger partial charge in [0, 0.05) is 23.6 Å². The van der Waals surface area contributed by atoms with E-state index in [2.05, 4.69) is 16.0 Å². The maximum absolute atomic E-state index is 12.9. The predicted octanol–water partition coefficient (Wildman–Crippen LogP) is 3.87. The molecule has 3 aromatic carbocycles. The Morgan fingerprint density at radius 3 is 2.00 bits per heavy atom. The molecule has 28 heavy (non-hydrogen) atoms. The molecule has 0 heterocycles. The van der Waals surface area contributed by atoms with Gasteiger partial charge in [0.2, 0.25) is 0 Å². The zero-order chi connectivity index (χ0) is 19.8. The van der Waals surface area contributed by atoms with E-state index in [-0.39, 0.29) is 12.4 Å². The molecular formula is C22H20FN3O2. The van der Waals surface area contributed by atoms with Gasteiger partial charge in [-0.05, 0) is 60.5 Å². The second-order valence-electron chi connectivity index (χ2n) is 6.15. The molecule has 5 nitrogen and oxygen atoms in total. The van der Waals surface area contributed by atoms with Gasteiger partial charge in [-0.25, -0.2) is 4.39 Å². The fraction of sp³-hybridized carbons (Fsp3) is 0.0909. The number of halogens is 1. The fourth-order valence-electron chi connectivity index (χ4n) is 2.56. The van der Waals surface area contributed by atoms with Crippen molar-refractivity contribution in [2.24, 2.45) is 0 Å². The van der Waals surface area contributed by atoms with E-state index in [0.717, 1.165) is 16.9 Å². The minimum Gasteiger partial charge on any atom is -0.356 e. The number of carbonyl (C=O) groups excluding carboxylic acids is 2. The Hall–Kier alpha value is -3.67. The van der Waals surface area contributed by atoms with Crippen LogP contribution in [0.5, 0.6) is 0 Å². The van der Waals surface area contributed by atoms with E-state index < -0.39 is 11.8 Å². The molecule has 0 bridgehead atoms. The molecule has 6 heteroatoms. The standard InChI is InChI=1S/C22H20FN3O2/c23-17-8-6-16(7-9-17)14-15-24-21(27)22(28)26-20-12-10-19(11-13-20)25-18-4-2-1-3-5-18/h1-13,25H,14-15H2,(H,24,27)(H,26,28). The van der Waals surface area contributed by atoms with E-state index in [0.29, 0.717) is 12.1 Å². The van der Waals surface area contributed by atoms with Crippen molar-refractivity contribution < 1.29 is 14.0 Å². The second kappa shape index (κ2) is 9.32. The van der Waals surface area contributed by atoms with Crippen LogP contribution in [0, 0.1) is 5.82 Å². The summed E-state index contributed by atoms with van der Waals surface area (Å²) in [6.07, 6.45) is 0.513. The number of para-hydroxylation sites is 1. The van der Waals surface area contributed by atoms with Crippen molar-refractivity contribution in [2.45, 2.75) is 6.42 Å². The number of amides is 2. The lowest BCUT2D eigenvalue weighted by molar-refractivity contribution is -0.136. The van der Waals surface area contributed by atoms with Crippen LogP contribution in [-0.2, 0) is 16.0 Å². The summed E-state index contributed by atoms with van der Waals surface area (Å²) in [6, 6.07) is 22.8. The van der Waals surface area contributed by atoms with E-state index in [1.165, 1.54) is 12.1 Å². The van der Waals surface area contributed by atoms with E-state index in [1.54, 1.807) is 24.3 Å². The van der Waals surface area contributed by atoms with Crippen molar-refractivity contribution in [1.82, 2.24) is 5.32 Å². The maximum atomic E-state index is 12.9. The maximum Gasteiger partial charge on any atom is 0.313 e. The summed E-state index contributed by atoms with van der Waals surface area (Å²) in [6.45, 7) is 0.290.